The van der Waals surface area contributed by atoms with Gasteiger partial charge in [0.25, 0.3) is 5.91 Å². The number of benzene rings is 2. The molecule has 0 radical (unpaired) electrons. The van der Waals surface area contributed by atoms with E-state index in [2.05, 4.69) is 36.1 Å². The molecule has 0 N–H and O–H groups in total. The first-order chi connectivity index (χ1) is 11.3. The monoisotopic (exact) mass is 308 g/mol. The Morgan fingerprint density at radius 3 is 2.17 bits per heavy atom. The predicted octanol–water partition coefficient (Wildman–Crippen LogP) is 3.60. The second kappa shape index (κ2) is 7.32. The van der Waals surface area contributed by atoms with Crippen LogP contribution in [-0.2, 0) is 6.42 Å². The van der Waals surface area contributed by atoms with Crippen LogP contribution in [0.3, 0.4) is 0 Å². The van der Waals surface area contributed by atoms with Gasteiger partial charge < -0.3 is 9.80 Å². The highest BCUT2D eigenvalue weighted by Crippen LogP contribution is 2.19. The van der Waals surface area contributed by atoms with Crippen molar-refractivity contribution in [3.63, 3.8) is 0 Å². The molecular weight excluding hydrogens is 284 g/mol. The normalized spacial score (nSPS) is 14.8. The average molecular weight is 308 g/mol. The average Bonchev–Trinajstić information content (AvgIpc) is 2.63. The third-order valence-corrected chi connectivity index (χ3v) is 4.43. The van der Waals surface area contributed by atoms with Crippen LogP contribution >= 0.6 is 0 Å². The zero-order chi connectivity index (χ0) is 16.1. The van der Waals surface area contributed by atoms with Gasteiger partial charge in [-0.15, -0.1) is 0 Å². The smallest absolute Gasteiger partial charge is 0.253 e. The van der Waals surface area contributed by atoms with Crippen molar-refractivity contribution >= 4 is 11.6 Å². The molecule has 2 aromatic carbocycles. The van der Waals surface area contributed by atoms with E-state index in [9.17, 15) is 4.79 Å². The van der Waals surface area contributed by atoms with Crippen molar-refractivity contribution in [2.75, 3.05) is 31.1 Å². The van der Waals surface area contributed by atoms with E-state index in [4.69, 9.17) is 0 Å². The summed E-state index contributed by atoms with van der Waals surface area (Å²) in [6.45, 7) is 5.56. The lowest BCUT2D eigenvalue weighted by Gasteiger charge is -2.36. The first kappa shape index (κ1) is 15.6. The molecule has 0 aromatic heterocycles. The van der Waals surface area contributed by atoms with Gasteiger partial charge in [-0.25, -0.2) is 0 Å². The van der Waals surface area contributed by atoms with Crippen molar-refractivity contribution in [2.45, 2.75) is 19.8 Å². The Hall–Kier alpha value is -2.29. The van der Waals surface area contributed by atoms with Crippen molar-refractivity contribution in [2.24, 2.45) is 0 Å². The Bertz CT molecular complexity index is 628. The molecule has 0 saturated carbocycles. The van der Waals surface area contributed by atoms with Crippen LogP contribution in [0.15, 0.2) is 54.6 Å². The standard InChI is InChI=1S/C20H24N2O/c1-2-6-17-9-11-19(12-10-17)21-13-15-22(16-14-21)20(23)18-7-4-3-5-8-18/h3-5,7-12H,2,6,13-16H2,1H3. The number of carbonyl (C=O) groups excluding carboxylic acids is 1. The number of nitrogens with zero attached hydrogens (tertiary/aromatic N) is 2. The number of rotatable bonds is 4. The van der Waals surface area contributed by atoms with Crippen LogP contribution in [0.4, 0.5) is 5.69 Å². The summed E-state index contributed by atoms with van der Waals surface area (Å²) in [6.07, 6.45) is 2.32. The van der Waals surface area contributed by atoms with Crippen LogP contribution in [-0.4, -0.2) is 37.0 Å². The second-order valence-electron chi connectivity index (χ2n) is 6.06. The highest BCUT2D eigenvalue weighted by atomic mass is 16.2. The van der Waals surface area contributed by atoms with E-state index < -0.39 is 0 Å². The highest BCUT2D eigenvalue weighted by molar-refractivity contribution is 5.94. The van der Waals surface area contributed by atoms with Crippen LogP contribution in [0, 0.1) is 0 Å². The Kier molecular flexibility index (Phi) is 4.96. The fourth-order valence-electron chi connectivity index (χ4n) is 3.09. The summed E-state index contributed by atoms with van der Waals surface area (Å²) in [5, 5.41) is 0. The zero-order valence-electron chi connectivity index (χ0n) is 13.7. The fourth-order valence-corrected chi connectivity index (χ4v) is 3.09. The van der Waals surface area contributed by atoms with Gasteiger partial charge in [0, 0.05) is 37.4 Å². The zero-order valence-corrected chi connectivity index (χ0v) is 13.7. The van der Waals surface area contributed by atoms with E-state index in [-0.39, 0.29) is 5.91 Å². The van der Waals surface area contributed by atoms with Gasteiger partial charge >= 0.3 is 0 Å². The van der Waals surface area contributed by atoms with Crippen molar-refractivity contribution in [1.82, 2.24) is 4.90 Å². The quantitative estimate of drug-likeness (QED) is 0.861. The molecule has 3 nitrogen and oxygen atoms in total. The molecule has 1 amide bonds. The summed E-state index contributed by atoms with van der Waals surface area (Å²) < 4.78 is 0. The van der Waals surface area contributed by atoms with Crippen molar-refractivity contribution < 1.29 is 4.79 Å². The second-order valence-corrected chi connectivity index (χ2v) is 6.06. The molecule has 1 aliphatic heterocycles. The van der Waals surface area contributed by atoms with Crippen molar-refractivity contribution in [1.29, 1.82) is 0 Å². The van der Waals surface area contributed by atoms with Gasteiger partial charge in [0.2, 0.25) is 0 Å². The van der Waals surface area contributed by atoms with Gasteiger partial charge in [0.05, 0.1) is 0 Å². The molecular formula is C20H24N2O. The molecule has 2 aromatic rings. The molecule has 3 heteroatoms. The number of aryl methyl sites for hydroxylation is 1. The number of anilines is 1. The van der Waals surface area contributed by atoms with Gasteiger partial charge in [-0.2, -0.15) is 0 Å². The number of piperazine rings is 1. The highest BCUT2D eigenvalue weighted by Gasteiger charge is 2.22. The lowest BCUT2D eigenvalue weighted by atomic mass is 10.1. The minimum absolute atomic E-state index is 0.142. The molecule has 3 rings (SSSR count). The molecule has 0 unspecified atom stereocenters. The lowest BCUT2D eigenvalue weighted by Crippen LogP contribution is -2.48. The van der Waals surface area contributed by atoms with Gasteiger partial charge in [-0.05, 0) is 36.2 Å². The summed E-state index contributed by atoms with van der Waals surface area (Å²) in [5.74, 6) is 0.142. The molecule has 0 aliphatic carbocycles. The molecule has 23 heavy (non-hydrogen) atoms. The van der Waals surface area contributed by atoms with Gasteiger partial charge in [0.1, 0.15) is 0 Å². The van der Waals surface area contributed by atoms with E-state index in [1.165, 1.54) is 17.7 Å². The molecule has 0 atom stereocenters. The fraction of sp³-hybridized carbons (Fsp3) is 0.350. The van der Waals surface area contributed by atoms with Crippen molar-refractivity contribution in [3.8, 4) is 0 Å². The molecule has 0 bridgehead atoms. The van der Waals surface area contributed by atoms with E-state index in [0.29, 0.717) is 0 Å². The van der Waals surface area contributed by atoms with E-state index in [1.54, 1.807) is 0 Å². The minimum Gasteiger partial charge on any atom is -0.368 e. The largest absolute Gasteiger partial charge is 0.368 e. The lowest BCUT2D eigenvalue weighted by molar-refractivity contribution is 0.0747. The maximum absolute atomic E-state index is 12.5. The third kappa shape index (κ3) is 3.73. The topological polar surface area (TPSA) is 23.6 Å². The SMILES string of the molecule is CCCc1ccc(N2CCN(C(=O)c3ccccc3)CC2)cc1. The first-order valence-corrected chi connectivity index (χ1v) is 8.46. The number of amides is 1. The minimum atomic E-state index is 0.142. The predicted molar refractivity (Wildman–Crippen MR) is 95.0 cm³/mol. The molecule has 1 aliphatic rings. The van der Waals surface area contributed by atoms with E-state index >= 15 is 0 Å². The Morgan fingerprint density at radius 1 is 0.913 bits per heavy atom. The molecule has 0 spiro atoms. The molecule has 1 heterocycles. The van der Waals surface area contributed by atoms with Crippen LogP contribution < -0.4 is 4.90 Å². The Morgan fingerprint density at radius 2 is 1.57 bits per heavy atom. The van der Waals surface area contributed by atoms with Gasteiger partial charge in [-0.1, -0.05) is 43.7 Å². The van der Waals surface area contributed by atoms with Crippen molar-refractivity contribution in [3.05, 3.63) is 65.7 Å². The summed E-state index contributed by atoms with van der Waals surface area (Å²) >= 11 is 0. The summed E-state index contributed by atoms with van der Waals surface area (Å²) in [6, 6.07) is 18.4. The maximum atomic E-state index is 12.5. The number of hydrogen-bond donors (Lipinski definition) is 0. The van der Waals surface area contributed by atoms with Gasteiger partial charge in [-0.3, -0.25) is 4.79 Å². The number of carbonyl (C=O) groups is 1. The first-order valence-electron chi connectivity index (χ1n) is 8.46. The van der Waals surface area contributed by atoms with Gasteiger partial charge in [0.15, 0.2) is 0 Å². The summed E-state index contributed by atoms with van der Waals surface area (Å²) in [5.41, 5.74) is 3.44. The Labute approximate surface area is 138 Å². The van der Waals surface area contributed by atoms with Crippen LogP contribution in [0.5, 0.6) is 0 Å². The Balaban J connectivity index is 1.59. The van der Waals surface area contributed by atoms with E-state index in [1.807, 2.05) is 35.2 Å². The maximum Gasteiger partial charge on any atom is 0.253 e. The van der Waals surface area contributed by atoms with Crippen LogP contribution in [0.1, 0.15) is 29.3 Å². The summed E-state index contributed by atoms with van der Waals surface area (Å²) in [4.78, 5) is 16.8. The number of hydrogen-bond acceptors (Lipinski definition) is 2. The third-order valence-electron chi connectivity index (χ3n) is 4.43. The molecule has 120 valence electrons. The summed E-state index contributed by atoms with van der Waals surface area (Å²) in [7, 11) is 0. The molecule has 1 fully saturated rings. The van der Waals surface area contributed by atoms with Crippen LogP contribution in [0.2, 0.25) is 0 Å². The molecule has 1 saturated heterocycles. The van der Waals surface area contributed by atoms with E-state index in [0.717, 1.165) is 38.2 Å². The van der Waals surface area contributed by atoms with Crippen LogP contribution in [0.25, 0.3) is 0 Å².